The molecule has 3 N–H and O–H groups in total. The number of aliphatic hydroxyl groups excluding tert-OH is 1. The Bertz CT molecular complexity index is 428. The SMILES string of the molecule is NC(CO)c1c(F)c(Cl)cc2c1OCCCO2. The quantitative estimate of drug-likeness (QED) is 0.849. The zero-order valence-corrected chi connectivity index (χ0v) is 9.84. The molecule has 1 atom stereocenters. The van der Waals surface area contributed by atoms with Gasteiger partial charge in [0.05, 0.1) is 36.4 Å². The summed E-state index contributed by atoms with van der Waals surface area (Å²) in [6.45, 7) is 0.495. The number of ether oxygens (including phenoxy) is 2. The molecule has 6 heteroatoms. The largest absolute Gasteiger partial charge is 0.489 e. The van der Waals surface area contributed by atoms with Crippen molar-refractivity contribution in [2.45, 2.75) is 12.5 Å². The molecule has 1 unspecified atom stereocenters. The molecule has 0 aromatic heterocycles. The van der Waals surface area contributed by atoms with Crippen molar-refractivity contribution in [1.29, 1.82) is 0 Å². The summed E-state index contributed by atoms with van der Waals surface area (Å²) in [5.41, 5.74) is 5.72. The average Bonchev–Trinajstić information content (AvgIpc) is 2.55. The summed E-state index contributed by atoms with van der Waals surface area (Å²) in [5, 5.41) is 8.95. The summed E-state index contributed by atoms with van der Waals surface area (Å²) in [7, 11) is 0. The van der Waals surface area contributed by atoms with Crippen LogP contribution < -0.4 is 15.2 Å². The van der Waals surface area contributed by atoms with E-state index >= 15 is 0 Å². The van der Waals surface area contributed by atoms with Gasteiger partial charge in [-0.15, -0.1) is 0 Å². The Morgan fingerprint density at radius 3 is 2.88 bits per heavy atom. The van der Waals surface area contributed by atoms with Gasteiger partial charge in [0.25, 0.3) is 0 Å². The lowest BCUT2D eigenvalue weighted by atomic mass is 10.1. The van der Waals surface area contributed by atoms with Crippen LogP contribution in [0, 0.1) is 5.82 Å². The van der Waals surface area contributed by atoms with Gasteiger partial charge in [0, 0.05) is 12.5 Å². The molecular formula is C11H13ClFNO3. The number of benzene rings is 1. The molecule has 0 fully saturated rings. The fraction of sp³-hybridized carbons (Fsp3) is 0.455. The molecule has 1 aromatic rings. The Labute approximate surface area is 103 Å². The number of hydrogen-bond acceptors (Lipinski definition) is 4. The molecule has 2 rings (SSSR count). The molecule has 0 saturated heterocycles. The Morgan fingerprint density at radius 2 is 2.18 bits per heavy atom. The molecule has 0 amide bonds. The maximum absolute atomic E-state index is 13.9. The molecule has 1 aliphatic heterocycles. The molecule has 1 heterocycles. The van der Waals surface area contributed by atoms with E-state index in [2.05, 4.69) is 0 Å². The maximum Gasteiger partial charge on any atom is 0.169 e. The van der Waals surface area contributed by atoms with Crippen LogP contribution in [0.5, 0.6) is 11.5 Å². The van der Waals surface area contributed by atoms with Crippen LogP contribution in [-0.2, 0) is 0 Å². The van der Waals surface area contributed by atoms with Crippen LogP contribution in [0.2, 0.25) is 5.02 Å². The molecule has 0 aliphatic carbocycles. The molecule has 1 aliphatic rings. The van der Waals surface area contributed by atoms with Gasteiger partial charge >= 0.3 is 0 Å². The number of nitrogens with two attached hydrogens (primary N) is 1. The van der Waals surface area contributed by atoms with Crippen LogP contribution >= 0.6 is 11.6 Å². The first-order valence-corrected chi connectivity index (χ1v) is 5.67. The first kappa shape index (κ1) is 12.4. The Balaban J connectivity index is 2.57. The molecule has 0 bridgehead atoms. The van der Waals surface area contributed by atoms with Crippen LogP contribution in [0.1, 0.15) is 18.0 Å². The number of aliphatic hydroxyl groups is 1. The van der Waals surface area contributed by atoms with Crippen LogP contribution in [-0.4, -0.2) is 24.9 Å². The minimum atomic E-state index is -0.885. The predicted octanol–water partition coefficient (Wildman–Crippen LogP) is 1.63. The van der Waals surface area contributed by atoms with E-state index in [1.54, 1.807) is 0 Å². The molecule has 0 radical (unpaired) electrons. The van der Waals surface area contributed by atoms with E-state index in [0.29, 0.717) is 25.4 Å². The second-order valence-electron chi connectivity index (χ2n) is 3.75. The number of hydrogen-bond donors (Lipinski definition) is 2. The van der Waals surface area contributed by atoms with Gasteiger partial charge in [-0.2, -0.15) is 0 Å². The first-order chi connectivity index (χ1) is 8.15. The summed E-state index contributed by atoms with van der Waals surface area (Å²) in [6, 6.07) is 0.481. The van der Waals surface area contributed by atoms with Crippen molar-refractivity contribution in [2.24, 2.45) is 5.73 Å². The summed E-state index contributed by atoms with van der Waals surface area (Å²) in [4.78, 5) is 0. The van der Waals surface area contributed by atoms with E-state index in [1.165, 1.54) is 6.07 Å². The Morgan fingerprint density at radius 1 is 1.47 bits per heavy atom. The molecular weight excluding hydrogens is 249 g/mol. The lowest BCUT2D eigenvalue weighted by Gasteiger charge is -2.18. The van der Waals surface area contributed by atoms with Crippen molar-refractivity contribution < 1.29 is 19.0 Å². The third-order valence-electron chi connectivity index (χ3n) is 2.53. The van der Waals surface area contributed by atoms with Crippen molar-refractivity contribution in [3.63, 3.8) is 0 Å². The van der Waals surface area contributed by atoms with E-state index in [0.717, 1.165) is 0 Å². The van der Waals surface area contributed by atoms with Gasteiger partial charge in [0.15, 0.2) is 17.3 Å². The third kappa shape index (κ3) is 2.31. The number of rotatable bonds is 2. The molecule has 0 spiro atoms. The molecule has 0 saturated carbocycles. The standard InChI is InChI=1S/C11H13ClFNO3/c12-6-4-8-11(17-3-1-2-16-8)9(10(6)13)7(14)5-15/h4,7,15H,1-3,5,14H2. The average molecular weight is 262 g/mol. The van der Waals surface area contributed by atoms with Crippen molar-refractivity contribution in [3.05, 3.63) is 22.5 Å². The predicted molar refractivity (Wildman–Crippen MR) is 61.0 cm³/mol. The van der Waals surface area contributed by atoms with Gasteiger partial charge in [-0.3, -0.25) is 0 Å². The monoisotopic (exact) mass is 261 g/mol. The van der Waals surface area contributed by atoms with E-state index in [4.69, 9.17) is 31.9 Å². The van der Waals surface area contributed by atoms with E-state index in [9.17, 15) is 4.39 Å². The summed E-state index contributed by atoms with van der Waals surface area (Å²) in [6.07, 6.45) is 0.696. The topological polar surface area (TPSA) is 64.7 Å². The van der Waals surface area contributed by atoms with Gasteiger partial charge < -0.3 is 20.3 Å². The highest BCUT2D eigenvalue weighted by Gasteiger charge is 2.25. The molecule has 4 nitrogen and oxygen atoms in total. The Hall–Kier alpha value is -1.04. The van der Waals surface area contributed by atoms with Crippen molar-refractivity contribution in [2.75, 3.05) is 19.8 Å². The van der Waals surface area contributed by atoms with Crippen molar-refractivity contribution in [3.8, 4) is 11.5 Å². The van der Waals surface area contributed by atoms with Crippen molar-refractivity contribution in [1.82, 2.24) is 0 Å². The van der Waals surface area contributed by atoms with Gasteiger partial charge in [0.2, 0.25) is 0 Å². The minimum absolute atomic E-state index is 0.0666. The number of fused-ring (bicyclic) bond motifs is 1. The van der Waals surface area contributed by atoms with Crippen LogP contribution in [0.3, 0.4) is 0 Å². The minimum Gasteiger partial charge on any atom is -0.489 e. The maximum atomic E-state index is 13.9. The highest BCUT2D eigenvalue weighted by Crippen LogP contribution is 2.41. The summed E-state index contributed by atoms with van der Waals surface area (Å²) < 4.78 is 24.7. The molecule has 1 aromatic carbocycles. The van der Waals surface area contributed by atoms with Gasteiger partial charge in [-0.1, -0.05) is 11.6 Å². The fourth-order valence-corrected chi connectivity index (χ4v) is 1.90. The fourth-order valence-electron chi connectivity index (χ4n) is 1.70. The second kappa shape index (κ2) is 5.08. The van der Waals surface area contributed by atoms with E-state index < -0.39 is 18.5 Å². The summed E-state index contributed by atoms with van der Waals surface area (Å²) >= 11 is 5.76. The smallest absolute Gasteiger partial charge is 0.169 e. The Kier molecular flexibility index (Phi) is 3.71. The first-order valence-electron chi connectivity index (χ1n) is 5.29. The highest BCUT2D eigenvalue weighted by molar-refractivity contribution is 6.31. The molecule has 17 heavy (non-hydrogen) atoms. The summed E-state index contributed by atoms with van der Waals surface area (Å²) in [5.74, 6) is -0.0591. The van der Waals surface area contributed by atoms with E-state index in [1.807, 2.05) is 0 Å². The van der Waals surface area contributed by atoms with E-state index in [-0.39, 0.29) is 16.3 Å². The highest BCUT2D eigenvalue weighted by atomic mass is 35.5. The molecule has 94 valence electrons. The number of halogens is 2. The lowest BCUT2D eigenvalue weighted by molar-refractivity contribution is 0.257. The van der Waals surface area contributed by atoms with Gasteiger partial charge in [-0.25, -0.2) is 4.39 Å². The normalized spacial score (nSPS) is 16.5. The second-order valence-corrected chi connectivity index (χ2v) is 4.16. The third-order valence-corrected chi connectivity index (χ3v) is 2.81. The van der Waals surface area contributed by atoms with Crippen molar-refractivity contribution >= 4 is 11.6 Å². The lowest BCUT2D eigenvalue weighted by Crippen LogP contribution is -2.18. The van der Waals surface area contributed by atoms with Crippen LogP contribution in [0.25, 0.3) is 0 Å². The zero-order chi connectivity index (χ0) is 12.4. The van der Waals surface area contributed by atoms with Gasteiger partial charge in [-0.05, 0) is 0 Å². The van der Waals surface area contributed by atoms with Gasteiger partial charge in [0.1, 0.15) is 0 Å². The van der Waals surface area contributed by atoms with Crippen LogP contribution in [0.4, 0.5) is 4.39 Å². The van der Waals surface area contributed by atoms with Crippen LogP contribution in [0.15, 0.2) is 6.07 Å². The zero-order valence-electron chi connectivity index (χ0n) is 9.08.